The van der Waals surface area contributed by atoms with Gasteiger partial charge in [-0.05, 0) is 50.1 Å². The number of nitrogens with one attached hydrogen (secondary N) is 2. The maximum atomic E-state index is 13.5. The topological polar surface area (TPSA) is 65.7 Å². The highest BCUT2D eigenvalue weighted by Crippen LogP contribution is 2.21. The molecule has 2 heterocycles. The van der Waals surface area contributed by atoms with Crippen LogP contribution in [0.4, 0.5) is 10.1 Å². The number of benzene rings is 2. The number of guanidine groups is 1. The molecule has 0 saturated carbocycles. The summed E-state index contributed by atoms with van der Waals surface area (Å²) in [5.74, 6) is 1.19. The second kappa shape index (κ2) is 10.1. The first-order chi connectivity index (χ1) is 15.2. The van der Waals surface area contributed by atoms with Crippen LogP contribution in [-0.2, 0) is 6.54 Å². The molecule has 1 aliphatic rings. The van der Waals surface area contributed by atoms with E-state index in [0.29, 0.717) is 18.5 Å². The van der Waals surface area contributed by atoms with Gasteiger partial charge in [-0.25, -0.2) is 14.4 Å². The zero-order valence-corrected chi connectivity index (χ0v) is 17.7. The Morgan fingerprint density at radius 3 is 2.71 bits per heavy atom. The lowest BCUT2D eigenvalue weighted by atomic mass is 10.0. The Labute approximate surface area is 182 Å². The number of anilines is 1. The lowest BCUT2D eigenvalue weighted by Gasteiger charge is -2.34. The van der Waals surface area contributed by atoms with Crippen molar-refractivity contribution in [1.82, 2.24) is 15.6 Å². The molecule has 0 amide bonds. The van der Waals surface area contributed by atoms with Crippen LogP contribution in [0.1, 0.15) is 25.5 Å². The number of oxazole rings is 1. The number of aliphatic imine (C=N–C) groups is 1. The fraction of sp³-hybridized carbons (Fsp3) is 0.333. The fourth-order valence-electron chi connectivity index (χ4n) is 3.72. The average molecular weight is 422 g/mol. The molecule has 0 radical (unpaired) electrons. The fourth-order valence-corrected chi connectivity index (χ4v) is 3.72. The van der Waals surface area contributed by atoms with Gasteiger partial charge in [0.15, 0.2) is 5.96 Å². The van der Waals surface area contributed by atoms with Crippen LogP contribution in [0.5, 0.6) is 0 Å². The first kappa shape index (κ1) is 20.9. The highest BCUT2D eigenvalue weighted by Gasteiger charge is 2.20. The molecule has 1 aromatic heterocycles. The number of halogens is 1. The molecule has 162 valence electrons. The van der Waals surface area contributed by atoms with E-state index in [1.165, 1.54) is 6.07 Å². The Hall–Kier alpha value is -3.35. The summed E-state index contributed by atoms with van der Waals surface area (Å²) < 4.78 is 19.1. The predicted molar refractivity (Wildman–Crippen MR) is 122 cm³/mol. The van der Waals surface area contributed by atoms with E-state index in [4.69, 9.17) is 4.42 Å². The van der Waals surface area contributed by atoms with Crippen LogP contribution in [0, 0.1) is 5.82 Å². The maximum absolute atomic E-state index is 13.5. The predicted octanol–water partition coefficient (Wildman–Crippen LogP) is 4.20. The smallest absolute Gasteiger partial charge is 0.226 e. The monoisotopic (exact) mass is 421 g/mol. The molecule has 31 heavy (non-hydrogen) atoms. The lowest BCUT2D eigenvalue weighted by Crippen LogP contribution is -2.48. The van der Waals surface area contributed by atoms with Gasteiger partial charge in [0.1, 0.15) is 17.8 Å². The van der Waals surface area contributed by atoms with Crippen LogP contribution in [0.2, 0.25) is 0 Å². The Kier molecular flexibility index (Phi) is 6.82. The number of piperidine rings is 1. The van der Waals surface area contributed by atoms with Crippen molar-refractivity contribution in [2.45, 2.75) is 32.4 Å². The summed E-state index contributed by atoms with van der Waals surface area (Å²) in [6, 6.07) is 17.0. The average Bonchev–Trinajstić information content (AvgIpc) is 3.28. The van der Waals surface area contributed by atoms with E-state index in [1.54, 1.807) is 18.4 Å². The van der Waals surface area contributed by atoms with Gasteiger partial charge in [-0.3, -0.25) is 0 Å². The molecule has 1 saturated heterocycles. The molecule has 0 bridgehead atoms. The summed E-state index contributed by atoms with van der Waals surface area (Å²) in [6.07, 6.45) is 3.58. The maximum Gasteiger partial charge on any atom is 0.226 e. The van der Waals surface area contributed by atoms with Crippen LogP contribution in [0.3, 0.4) is 0 Å². The zero-order valence-electron chi connectivity index (χ0n) is 17.7. The highest BCUT2D eigenvalue weighted by atomic mass is 19.1. The molecule has 0 atom stereocenters. The van der Waals surface area contributed by atoms with Crippen LogP contribution < -0.4 is 15.5 Å². The van der Waals surface area contributed by atoms with Gasteiger partial charge in [0.25, 0.3) is 0 Å². The second-order valence-corrected chi connectivity index (χ2v) is 7.59. The van der Waals surface area contributed by atoms with Gasteiger partial charge in [-0.2, -0.15) is 0 Å². The Balaban J connectivity index is 1.33. The van der Waals surface area contributed by atoms with Crippen LogP contribution >= 0.6 is 0 Å². The standard InChI is InChI=1S/C24H28FN5O/c1-2-26-24(27-16-21-17-31-23(28-21)18-7-4-3-5-8-18)29-20-11-13-30(14-12-20)22-10-6-9-19(25)15-22/h3-10,15,17,20H,2,11-14,16H2,1H3,(H2,26,27,29). The molecular formula is C24H28FN5O. The quantitative estimate of drug-likeness (QED) is 0.461. The molecule has 3 aromatic rings. The number of nitrogens with zero attached hydrogens (tertiary/aromatic N) is 3. The Bertz CT molecular complexity index is 996. The molecule has 0 unspecified atom stereocenters. The number of rotatable bonds is 6. The number of hydrogen-bond acceptors (Lipinski definition) is 4. The van der Waals surface area contributed by atoms with Gasteiger partial charge in [0, 0.05) is 36.9 Å². The number of aromatic nitrogens is 1. The molecule has 6 nitrogen and oxygen atoms in total. The van der Waals surface area contributed by atoms with Crippen molar-refractivity contribution in [2.75, 3.05) is 24.5 Å². The third-order valence-electron chi connectivity index (χ3n) is 5.33. The minimum absolute atomic E-state index is 0.192. The van der Waals surface area contributed by atoms with Crippen molar-refractivity contribution in [3.8, 4) is 11.5 Å². The van der Waals surface area contributed by atoms with E-state index in [2.05, 4.69) is 25.5 Å². The Morgan fingerprint density at radius 2 is 1.97 bits per heavy atom. The van der Waals surface area contributed by atoms with Gasteiger partial charge in [-0.15, -0.1) is 0 Å². The zero-order chi connectivity index (χ0) is 21.5. The third kappa shape index (κ3) is 5.63. The van der Waals surface area contributed by atoms with Crippen molar-refractivity contribution in [3.63, 3.8) is 0 Å². The van der Waals surface area contributed by atoms with Crippen molar-refractivity contribution < 1.29 is 8.81 Å². The largest absolute Gasteiger partial charge is 0.444 e. The third-order valence-corrected chi connectivity index (χ3v) is 5.33. The normalized spacial score (nSPS) is 15.2. The van der Waals surface area contributed by atoms with Crippen molar-refractivity contribution in [3.05, 3.63) is 72.4 Å². The summed E-state index contributed by atoms with van der Waals surface area (Å²) in [5.41, 5.74) is 2.68. The van der Waals surface area contributed by atoms with Crippen LogP contribution in [-0.4, -0.2) is 36.6 Å². The molecule has 1 aliphatic heterocycles. The summed E-state index contributed by atoms with van der Waals surface area (Å²) in [5, 5.41) is 6.84. The molecule has 0 spiro atoms. The first-order valence-electron chi connectivity index (χ1n) is 10.8. The van der Waals surface area contributed by atoms with Gasteiger partial charge >= 0.3 is 0 Å². The minimum Gasteiger partial charge on any atom is -0.444 e. The van der Waals surface area contributed by atoms with Crippen LogP contribution in [0.15, 0.2) is 70.3 Å². The van der Waals surface area contributed by atoms with Crippen molar-refractivity contribution >= 4 is 11.6 Å². The van der Waals surface area contributed by atoms with E-state index in [-0.39, 0.29) is 5.82 Å². The van der Waals surface area contributed by atoms with Gasteiger partial charge < -0.3 is 20.0 Å². The van der Waals surface area contributed by atoms with E-state index >= 15 is 0 Å². The summed E-state index contributed by atoms with van der Waals surface area (Å²) in [6.45, 7) is 5.03. The van der Waals surface area contributed by atoms with E-state index in [9.17, 15) is 4.39 Å². The van der Waals surface area contributed by atoms with E-state index in [1.807, 2.05) is 43.3 Å². The summed E-state index contributed by atoms with van der Waals surface area (Å²) >= 11 is 0. The van der Waals surface area contributed by atoms with Gasteiger partial charge in [0.2, 0.25) is 5.89 Å². The van der Waals surface area contributed by atoms with Gasteiger partial charge in [0.05, 0.1) is 6.54 Å². The Morgan fingerprint density at radius 1 is 1.16 bits per heavy atom. The summed E-state index contributed by atoms with van der Waals surface area (Å²) in [7, 11) is 0. The molecular weight excluding hydrogens is 393 g/mol. The highest BCUT2D eigenvalue weighted by molar-refractivity contribution is 5.80. The van der Waals surface area contributed by atoms with Crippen LogP contribution in [0.25, 0.3) is 11.5 Å². The van der Waals surface area contributed by atoms with Crippen molar-refractivity contribution in [1.29, 1.82) is 0 Å². The van der Waals surface area contributed by atoms with Gasteiger partial charge in [-0.1, -0.05) is 24.3 Å². The molecule has 2 N–H and O–H groups in total. The van der Waals surface area contributed by atoms with E-state index in [0.717, 1.165) is 55.4 Å². The molecule has 4 rings (SSSR count). The molecule has 1 fully saturated rings. The first-order valence-corrected chi connectivity index (χ1v) is 10.8. The number of hydrogen-bond donors (Lipinski definition) is 2. The SMILES string of the molecule is CCNC(=NCc1coc(-c2ccccc2)n1)NC1CCN(c2cccc(F)c2)CC1. The lowest BCUT2D eigenvalue weighted by molar-refractivity contribution is 0.461. The molecule has 0 aliphatic carbocycles. The van der Waals surface area contributed by atoms with E-state index < -0.39 is 0 Å². The molecule has 7 heteroatoms. The second-order valence-electron chi connectivity index (χ2n) is 7.59. The van der Waals surface area contributed by atoms with Crippen molar-refractivity contribution in [2.24, 2.45) is 4.99 Å². The molecule has 2 aromatic carbocycles. The summed E-state index contributed by atoms with van der Waals surface area (Å²) in [4.78, 5) is 11.5. The minimum atomic E-state index is -0.192.